The topological polar surface area (TPSA) is 81.2 Å². The lowest BCUT2D eigenvalue weighted by atomic mass is 10.1. The van der Waals surface area contributed by atoms with Crippen LogP contribution in [-0.4, -0.2) is 41.4 Å². The van der Waals surface area contributed by atoms with Crippen LogP contribution in [0.25, 0.3) is 0 Å². The summed E-state index contributed by atoms with van der Waals surface area (Å²) in [6.07, 6.45) is 1.60. The van der Waals surface area contributed by atoms with Crippen molar-refractivity contribution in [2.45, 2.75) is 38.4 Å². The Kier molecular flexibility index (Phi) is 3.48. The Labute approximate surface area is 108 Å². The monoisotopic (exact) mass is 272 g/mol. The van der Waals surface area contributed by atoms with Crippen LogP contribution in [0.1, 0.15) is 19.7 Å². The van der Waals surface area contributed by atoms with Crippen LogP contribution in [0.15, 0.2) is 11.2 Å². The van der Waals surface area contributed by atoms with Gasteiger partial charge in [-0.05, 0) is 19.8 Å². The second kappa shape index (κ2) is 4.64. The number of hydrogen-bond acceptors (Lipinski definition) is 4. The number of imidazole rings is 1. The number of aryl methyl sites for hydroxylation is 2. The number of rotatable bonds is 3. The zero-order valence-electron chi connectivity index (χ0n) is 11.0. The molecule has 1 fully saturated rings. The number of sulfonamides is 1. The molecule has 1 aliphatic heterocycles. The van der Waals surface area contributed by atoms with Gasteiger partial charge in [0.2, 0.25) is 0 Å². The van der Waals surface area contributed by atoms with Gasteiger partial charge in [0, 0.05) is 31.9 Å². The Hall–Kier alpha value is -0.920. The Bertz CT molecular complexity index is 527. The molecule has 1 aromatic rings. The second-order valence-electron chi connectivity index (χ2n) is 4.88. The van der Waals surface area contributed by atoms with E-state index in [0.717, 1.165) is 0 Å². The van der Waals surface area contributed by atoms with Gasteiger partial charge in [-0.25, -0.2) is 13.4 Å². The van der Waals surface area contributed by atoms with Crippen molar-refractivity contribution in [3.05, 3.63) is 12.0 Å². The average Bonchev–Trinajstić information content (AvgIpc) is 2.84. The third-order valence-corrected chi connectivity index (χ3v) is 5.24. The second-order valence-corrected chi connectivity index (χ2v) is 6.76. The van der Waals surface area contributed by atoms with Crippen molar-refractivity contribution in [2.75, 3.05) is 13.1 Å². The lowest BCUT2D eigenvalue weighted by Gasteiger charge is -2.13. The van der Waals surface area contributed by atoms with Gasteiger partial charge in [0.05, 0.1) is 0 Å². The summed E-state index contributed by atoms with van der Waals surface area (Å²) >= 11 is 0. The maximum atomic E-state index is 12.4. The quantitative estimate of drug-likeness (QED) is 0.851. The number of hydrogen-bond donors (Lipinski definition) is 1. The van der Waals surface area contributed by atoms with Crippen molar-refractivity contribution in [3.63, 3.8) is 0 Å². The summed E-state index contributed by atoms with van der Waals surface area (Å²) in [7, 11) is -3.49. The van der Waals surface area contributed by atoms with Gasteiger partial charge in [-0.2, -0.15) is 4.31 Å². The minimum Gasteiger partial charge on any atom is -0.334 e. The molecule has 2 unspecified atom stereocenters. The van der Waals surface area contributed by atoms with Crippen LogP contribution in [0, 0.1) is 12.8 Å². The van der Waals surface area contributed by atoms with E-state index >= 15 is 0 Å². The van der Waals surface area contributed by atoms with Crippen molar-refractivity contribution in [1.29, 1.82) is 0 Å². The van der Waals surface area contributed by atoms with Crippen LogP contribution < -0.4 is 5.73 Å². The summed E-state index contributed by atoms with van der Waals surface area (Å²) in [5, 5.41) is 0.128. The average molecular weight is 272 g/mol. The standard InChI is InChI=1S/C11H20N4O2S/c1-4-14-7-11(13-9(14)3)18(16,17)15-5-8(2)10(12)6-15/h7-8,10H,4-6,12H2,1-3H3. The van der Waals surface area contributed by atoms with Crippen LogP contribution in [0.5, 0.6) is 0 Å². The molecule has 0 aromatic carbocycles. The number of nitrogens with zero attached hydrogens (tertiary/aromatic N) is 3. The molecule has 0 radical (unpaired) electrons. The molecule has 0 saturated carbocycles. The fraction of sp³-hybridized carbons (Fsp3) is 0.727. The molecule has 0 spiro atoms. The van der Waals surface area contributed by atoms with E-state index in [2.05, 4.69) is 4.98 Å². The molecule has 1 saturated heterocycles. The van der Waals surface area contributed by atoms with E-state index in [1.54, 1.807) is 13.1 Å². The smallest absolute Gasteiger partial charge is 0.262 e. The molecule has 0 amide bonds. The highest BCUT2D eigenvalue weighted by Crippen LogP contribution is 2.23. The van der Waals surface area contributed by atoms with Gasteiger partial charge >= 0.3 is 0 Å². The van der Waals surface area contributed by atoms with E-state index in [1.165, 1.54) is 4.31 Å². The molecule has 18 heavy (non-hydrogen) atoms. The molecule has 7 heteroatoms. The number of aromatic nitrogens is 2. The van der Waals surface area contributed by atoms with Crippen LogP contribution in [0.2, 0.25) is 0 Å². The number of nitrogens with two attached hydrogens (primary N) is 1. The van der Waals surface area contributed by atoms with Crippen molar-refractivity contribution < 1.29 is 8.42 Å². The van der Waals surface area contributed by atoms with Crippen LogP contribution >= 0.6 is 0 Å². The minimum atomic E-state index is -3.49. The highest BCUT2D eigenvalue weighted by Gasteiger charge is 2.36. The lowest BCUT2D eigenvalue weighted by molar-refractivity contribution is 0.461. The normalized spacial score (nSPS) is 25.8. The minimum absolute atomic E-state index is 0.0888. The molecule has 1 aromatic heterocycles. The van der Waals surface area contributed by atoms with E-state index in [-0.39, 0.29) is 17.0 Å². The Morgan fingerprint density at radius 2 is 2.17 bits per heavy atom. The molecule has 0 aliphatic carbocycles. The Balaban J connectivity index is 2.31. The van der Waals surface area contributed by atoms with Gasteiger partial charge < -0.3 is 10.3 Å². The molecule has 0 bridgehead atoms. The first kappa shape index (κ1) is 13.5. The van der Waals surface area contributed by atoms with Crippen molar-refractivity contribution in [3.8, 4) is 0 Å². The summed E-state index contributed by atoms with van der Waals surface area (Å²) in [4.78, 5) is 4.14. The van der Waals surface area contributed by atoms with E-state index < -0.39 is 10.0 Å². The van der Waals surface area contributed by atoms with Gasteiger partial charge in [0.25, 0.3) is 10.0 Å². The van der Waals surface area contributed by atoms with Gasteiger partial charge in [-0.1, -0.05) is 6.92 Å². The Morgan fingerprint density at radius 3 is 2.61 bits per heavy atom. The van der Waals surface area contributed by atoms with Crippen molar-refractivity contribution in [2.24, 2.45) is 11.7 Å². The van der Waals surface area contributed by atoms with Gasteiger partial charge in [0.1, 0.15) is 5.82 Å². The molecule has 2 rings (SSSR count). The summed E-state index contributed by atoms with van der Waals surface area (Å²) in [5.41, 5.74) is 5.87. The molecule has 2 heterocycles. The van der Waals surface area contributed by atoms with E-state index in [9.17, 15) is 8.42 Å². The lowest BCUT2D eigenvalue weighted by Crippen LogP contribution is -2.32. The fourth-order valence-corrected chi connectivity index (χ4v) is 3.77. The molecule has 2 N–H and O–H groups in total. The largest absolute Gasteiger partial charge is 0.334 e. The third kappa shape index (κ3) is 2.17. The molecule has 1 aliphatic rings. The SMILES string of the molecule is CCn1cc(S(=O)(=O)N2CC(C)C(N)C2)nc1C. The predicted octanol–water partition coefficient (Wildman–Crippen LogP) is 0.179. The van der Waals surface area contributed by atoms with E-state index in [0.29, 0.717) is 25.5 Å². The highest BCUT2D eigenvalue weighted by molar-refractivity contribution is 7.89. The highest BCUT2D eigenvalue weighted by atomic mass is 32.2. The first-order chi connectivity index (χ1) is 8.36. The summed E-state index contributed by atoms with van der Waals surface area (Å²) in [5.74, 6) is 0.904. The molecular formula is C11H20N4O2S. The van der Waals surface area contributed by atoms with E-state index in [4.69, 9.17) is 5.73 Å². The van der Waals surface area contributed by atoms with Gasteiger partial charge in [-0.3, -0.25) is 0 Å². The predicted molar refractivity (Wildman–Crippen MR) is 68.5 cm³/mol. The van der Waals surface area contributed by atoms with Crippen LogP contribution in [0.3, 0.4) is 0 Å². The van der Waals surface area contributed by atoms with E-state index in [1.807, 2.05) is 18.4 Å². The maximum Gasteiger partial charge on any atom is 0.262 e. The third-order valence-electron chi connectivity index (χ3n) is 3.54. The molecule has 2 atom stereocenters. The first-order valence-corrected chi connectivity index (χ1v) is 7.59. The zero-order chi connectivity index (χ0) is 13.5. The first-order valence-electron chi connectivity index (χ1n) is 6.15. The summed E-state index contributed by atoms with van der Waals surface area (Å²) < 4.78 is 28.1. The summed E-state index contributed by atoms with van der Waals surface area (Å²) in [6, 6.07) is -0.0888. The van der Waals surface area contributed by atoms with Gasteiger partial charge in [-0.15, -0.1) is 0 Å². The van der Waals surface area contributed by atoms with Crippen LogP contribution in [-0.2, 0) is 16.6 Å². The zero-order valence-corrected chi connectivity index (χ0v) is 11.8. The molecular weight excluding hydrogens is 252 g/mol. The summed E-state index contributed by atoms with van der Waals surface area (Å²) in [6.45, 7) is 7.29. The Morgan fingerprint density at radius 1 is 1.50 bits per heavy atom. The van der Waals surface area contributed by atoms with Gasteiger partial charge in [0.15, 0.2) is 5.03 Å². The molecule has 102 valence electrons. The fourth-order valence-electron chi connectivity index (χ4n) is 2.20. The maximum absolute atomic E-state index is 12.4. The van der Waals surface area contributed by atoms with Crippen LogP contribution in [0.4, 0.5) is 0 Å². The molecule has 6 nitrogen and oxygen atoms in total. The van der Waals surface area contributed by atoms with Crippen molar-refractivity contribution >= 4 is 10.0 Å². The van der Waals surface area contributed by atoms with Crippen molar-refractivity contribution in [1.82, 2.24) is 13.9 Å².